The second-order valence-electron chi connectivity index (χ2n) is 8.66. The van der Waals surface area contributed by atoms with E-state index < -0.39 is 0 Å². The van der Waals surface area contributed by atoms with Gasteiger partial charge in [-0.05, 0) is 18.4 Å². The zero-order chi connectivity index (χ0) is 21.9. The second-order valence-corrected chi connectivity index (χ2v) is 8.66. The van der Waals surface area contributed by atoms with Crippen molar-refractivity contribution in [3.05, 3.63) is 60.2 Å². The normalized spacial score (nSPS) is 11.2. The van der Waals surface area contributed by atoms with E-state index in [1.54, 1.807) is 4.68 Å². The number of unbranched alkanes of at least 4 members (excludes halogenated alkanes) is 9. The quantitative estimate of drug-likeness (QED) is 0.286. The number of hydrogen-bond acceptors (Lipinski definition) is 2. The van der Waals surface area contributed by atoms with Crippen LogP contribution in [0.2, 0.25) is 0 Å². The number of nitrogens with zero attached hydrogens (tertiary/aromatic N) is 2. The van der Waals surface area contributed by atoms with E-state index in [1.807, 2.05) is 37.4 Å². The maximum Gasteiger partial charge on any atom is 0.169 e. The molecule has 31 heavy (non-hydrogen) atoms. The molecule has 3 aromatic rings. The lowest BCUT2D eigenvalue weighted by molar-refractivity contribution is 0.478. The van der Waals surface area contributed by atoms with Gasteiger partial charge in [0.15, 0.2) is 5.75 Å². The molecular weight excluding hydrogens is 380 g/mol. The van der Waals surface area contributed by atoms with E-state index in [1.165, 1.54) is 69.8 Å². The minimum Gasteiger partial charge on any atom is -0.504 e. The highest BCUT2D eigenvalue weighted by Gasteiger charge is 2.18. The molecule has 0 spiro atoms. The first-order valence-corrected chi connectivity index (χ1v) is 12.1. The van der Waals surface area contributed by atoms with Gasteiger partial charge >= 0.3 is 0 Å². The third kappa shape index (κ3) is 6.72. The molecule has 0 amide bonds. The molecule has 0 aliphatic rings. The van der Waals surface area contributed by atoms with Gasteiger partial charge in [-0.3, -0.25) is 4.68 Å². The summed E-state index contributed by atoms with van der Waals surface area (Å²) in [5.74, 6) is 0.246. The Kier molecular flexibility index (Phi) is 9.20. The van der Waals surface area contributed by atoms with Crippen LogP contribution in [0, 0.1) is 0 Å². The molecule has 0 atom stereocenters. The third-order valence-corrected chi connectivity index (χ3v) is 6.12. The first-order valence-electron chi connectivity index (χ1n) is 12.1. The van der Waals surface area contributed by atoms with Crippen LogP contribution in [0.25, 0.3) is 22.5 Å². The molecule has 0 saturated carbocycles. The maximum atomic E-state index is 10.8. The Hall–Kier alpha value is -2.55. The Morgan fingerprint density at radius 3 is 1.90 bits per heavy atom. The number of aromatic nitrogens is 2. The molecule has 0 fully saturated rings. The van der Waals surface area contributed by atoms with Gasteiger partial charge in [0.25, 0.3) is 0 Å². The van der Waals surface area contributed by atoms with Gasteiger partial charge in [0.1, 0.15) is 11.4 Å². The molecule has 0 aliphatic carbocycles. The van der Waals surface area contributed by atoms with Gasteiger partial charge in [-0.2, -0.15) is 5.10 Å². The van der Waals surface area contributed by atoms with Crippen LogP contribution in [0.4, 0.5) is 0 Å². The van der Waals surface area contributed by atoms with E-state index in [2.05, 4.69) is 36.3 Å². The van der Waals surface area contributed by atoms with Crippen molar-refractivity contribution in [2.75, 3.05) is 0 Å². The number of hydrogen-bond donors (Lipinski definition) is 1. The Labute approximate surface area is 188 Å². The first kappa shape index (κ1) is 23.1. The Bertz CT molecular complexity index is 897. The van der Waals surface area contributed by atoms with Crippen molar-refractivity contribution in [3.8, 4) is 28.3 Å². The van der Waals surface area contributed by atoms with Gasteiger partial charge in [0.05, 0.1) is 0 Å². The van der Waals surface area contributed by atoms with Crippen LogP contribution >= 0.6 is 0 Å². The Balaban J connectivity index is 1.46. The lowest BCUT2D eigenvalue weighted by Crippen LogP contribution is -1.93. The first-order chi connectivity index (χ1) is 15.2. The van der Waals surface area contributed by atoms with Gasteiger partial charge in [0.2, 0.25) is 0 Å². The topological polar surface area (TPSA) is 38.0 Å². The zero-order valence-corrected chi connectivity index (χ0v) is 19.3. The summed E-state index contributed by atoms with van der Waals surface area (Å²) in [4.78, 5) is 0. The monoisotopic (exact) mass is 418 g/mol. The van der Waals surface area contributed by atoms with E-state index in [4.69, 9.17) is 0 Å². The fourth-order valence-electron chi connectivity index (χ4n) is 4.27. The van der Waals surface area contributed by atoms with Crippen LogP contribution in [0.3, 0.4) is 0 Å². The molecule has 0 aliphatic heterocycles. The summed E-state index contributed by atoms with van der Waals surface area (Å²) >= 11 is 0. The summed E-state index contributed by atoms with van der Waals surface area (Å²) < 4.78 is 1.76. The molecule has 3 heteroatoms. The predicted molar refractivity (Wildman–Crippen MR) is 131 cm³/mol. The van der Waals surface area contributed by atoms with Gasteiger partial charge < -0.3 is 5.11 Å². The molecule has 0 radical (unpaired) electrons. The molecular formula is C28H38N2O. The van der Waals surface area contributed by atoms with Crippen LogP contribution in [0.15, 0.2) is 54.6 Å². The zero-order valence-electron chi connectivity index (χ0n) is 19.3. The van der Waals surface area contributed by atoms with Gasteiger partial charge in [-0.15, -0.1) is 0 Å². The van der Waals surface area contributed by atoms with E-state index in [0.29, 0.717) is 5.69 Å². The van der Waals surface area contributed by atoms with Crippen molar-refractivity contribution in [1.82, 2.24) is 9.78 Å². The molecule has 0 bridgehead atoms. The molecule has 3 rings (SSSR count). The molecule has 3 nitrogen and oxygen atoms in total. The Morgan fingerprint density at radius 1 is 0.710 bits per heavy atom. The average molecular weight is 419 g/mol. The van der Waals surface area contributed by atoms with Gasteiger partial charge in [-0.1, -0.05) is 119 Å². The summed E-state index contributed by atoms with van der Waals surface area (Å²) in [5, 5.41) is 15.4. The van der Waals surface area contributed by atoms with Gasteiger partial charge in [-0.25, -0.2) is 0 Å². The predicted octanol–water partition coefficient (Wildman–Crippen LogP) is 7.92. The largest absolute Gasteiger partial charge is 0.504 e. The third-order valence-electron chi connectivity index (χ3n) is 6.12. The van der Waals surface area contributed by atoms with Crippen LogP contribution in [0.1, 0.15) is 76.7 Å². The minimum atomic E-state index is 0.246. The molecule has 0 unspecified atom stereocenters. The number of aromatic hydroxyl groups is 1. The Morgan fingerprint density at radius 2 is 1.29 bits per heavy atom. The maximum absolute atomic E-state index is 10.8. The summed E-state index contributed by atoms with van der Waals surface area (Å²) in [5.41, 5.74) is 4.69. The van der Waals surface area contributed by atoms with Crippen molar-refractivity contribution in [2.45, 2.75) is 77.6 Å². The number of benzene rings is 2. The van der Waals surface area contributed by atoms with Crippen molar-refractivity contribution in [3.63, 3.8) is 0 Å². The van der Waals surface area contributed by atoms with Crippen LogP contribution in [0.5, 0.6) is 5.75 Å². The molecule has 1 aromatic heterocycles. The molecule has 2 aromatic carbocycles. The molecule has 166 valence electrons. The average Bonchev–Trinajstić information content (AvgIpc) is 3.10. The summed E-state index contributed by atoms with van der Waals surface area (Å²) in [6.07, 6.45) is 14.8. The minimum absolute atomic E-state index is 0.246. The summed E-state index contributed by atoms with van der Waals surface area (Å²) in [6, 6.07) is 18.5. The second kappa shape index (κ2) is 12.3. The highest BCUT2D eigenvalue weighted by atomic mass is 16.3. The van der Waals surface area contributed by atoms with E-state index in [-0.39, 0.29) is 5.75 Å². The van der Waals surface area contributed by atoms with E-state index in [0.717, 1.165) is 23.2 Å². The van der Waals surface area contributed by atoms with Crippen LogP contribution in [-0.2, 0) is 13.5 Å². The fourth-order valence-corrected chi connectivity index (χ4v) is 4.27. The fraction of sp³-hybridized carbons (Fsp3) is 0.464. The van der Waals surface area contributed by atoms with Crippen molar-refractivity contribution < 1.29 is 5.11 Å². The molecule has 0 saturated heterocycles. The van der Waals surface area contributed by atoms with Crippen molar-refractivity contribution in [1.29, 1.82) is 0 Å². The van der Waals surface area contributed by atoms with Crippen LogP contribution < -0.4 is 0 Å². The lowest BCUT2D eigenvalue weighted by Gasteiger charge is -2.05. The number of rotatable bonds is 13. The highest BCUT2D eigenvalue weighted by molar-refractivity contribution is 5.78. The van der Waals surface area contributed by atoms with E-state index >= 15 is 0 Å². The van der Waals surface area contributed by atoms with Crippen molar-refractivity contribution >= 4 is 0 Å². The smallest absolute Gasteiger partial charge is 0.169 e. The van der Waals surface area contributed by atoms with E-state index in [9.17, 15) is 5.11 Å². The summed E-state index contributed by atoms with van der Waals surface area (Å²) in [6.45, 7) is 2.28. The highest BCUT2D eigenvalue weighted by Crippen LogP contribution is 2.37. The van der Waals surface area contributed by atoms with Crippen molar-refractivity contribution in [2.24, 2.45) is 7.05 Å². The molecule has 1 heterocycles. The number of aryl methyl sites for hydroxylation is 2. The molecule has 1 N–H and O–H groups in total. The lowest BCUT2D eigenvalue weighted by atomic mass is 10.0. The SMILES string of the molecule is CCCCCCCCCCCCc1ccc(-c2nn(C)c(-c3ccccc3)c2O)cc1. The van der Waals surface area contributed by atoms with Gasteiger partial charge in [0, 0.05) is 18.2 Å². The summed E-state index contributed by atoms with van der Waals surface area (Å²) in [7, 11) is 1.88. The standard InChI is InChI=1S/C28H38N2O/c1-3-4-5-6-7-8-9-10-11-13-16-23-19-21-24(22-20-23)26-28(31)27(30(2)29-26)25-17-14-12-15-18-25/h12,14-15,17-22,31H,3-11,13,16H2,1-2H3. The van der Waals surface area contributed by atoms with Crippen LogP contribution in [-0.4, -0.2) is 14.9 Å².